The van der Waals surface area contributed by atoms with Gasteiger partial charge < -0.3 is 10.6 Å². The third kappa shape index (κ3) is 2.94. The molecule has 1 aromatic rings. The summed E-state index contributed by atoms with van der Waals surface area (Å²) in [5.74, 6) is 0.789. The van der Waals surface area contributed by atoms with Gasteiger partial charge in [-0.1, -0.05) is 0 Å². The molecule has 0 bridgehead atoms. The lowest BCUT2D eigenvalue weighted by atomic mass is 10.1. The molecule has 2 N–H and O–H groups in total. The number of nitrogens with one attached hydrogen (secondary N) is 2. The molecule has 4 heteroatoms. The summed E-state index contributed by atoms with van der Waals surface area (Å²) in [6.45, 7) is 2.05. The van der Waals surface area contributed by atoms with Gasteiger partial charge in [0.15, 0.2) is 0 Å². The highest BCUT2D eigenvalue weighted by atomic mass is 15.0. The second kappa shape index (κ2) is 5.47. The van der Waals surface area contributed by atoms with Gasteiger partial charge in [-0.3, -0.25) is 0 Å². The fourth-order valence-corrected chi connectivity index (χ4v) is 1.97. The highest BCUT2D eigenvalue weighted by Crippen LogP contribution is 2.10. The second-order valence-electron chi connectivity index (χ2n) is 4.05. The van der Waals surface area contributed by atoms with Gasteiger partial charge in [-0.25, -0.2) is 4.98 Å². The van der Waals surface area contributed by atoms with Crippen LogP contribution in [0.25, 0.3) is 0 Å². The maximum Gasteiger partial charge on any atom is 0.127 e. The third-order valence-corrected chi connectivity index (χ3v) is 2.85. The third-order valence-electron chi connectivity index (χ3n) is 2.85. The first-order valence-electron chi connectivity index (χ1n) is 5.72. The quantitative estimate of drug-likeness (QED) is 0.801. The average molecular weight is 216 g/mol. The van der Waals surface area contributed by atoms with Crippen LogP contribution in [0.15, 0.2) is 18.3 Å². The number of nitrogens with zero attached hydrogens (tertiary/aromatic N) is 2. The topological polar surface area (TPSA) is 60.7 Å². The lowest BCUT2D eigenvalue weighted by Crippen LogP contribution is -2.24. The van der Waals surface area contributed by atoms with Gasteiger partial charge in [-0.15, -0.1) is 0 Å². The van der Waals surface area contributed by atoms with E-state index in [0.717, 1.165) is 25.3 Å². The van der Waals surface area contributed by atoms with Crippen LogP contribution in [0.5, 0.6) is 0 Å². The SMILES string of the molecule is N#Cc1ccnc(NCC[C@H]2CCCN2)c1. The fraction of sp³-hybridized carbons (Fsp3) is 0.500. The van der Waals surface area contributed by atoms with Gasteiger partial charge in [0.2, 0.25) is 0 Å². The van der Waals surface area contributed by atoms with Gasteiger partial charge in [0.05, 0.1) is 11.6 Å². The fourth-order valence-electron chi connectivity index (χ4n) is 1.97. The van der Waals surface area contributed by atoms with Gasteiger partial charge >= 0.3 is 0 Å². The number of nitriles is 1. The van der Waals surface area contributed by atoms with Crippen molar-refractivity contribution in [2.45, 2.75) is 25.3 Å². The zero-order chi connectivity index (χ0) is 11.2. The monoisotopic (exact) mass is 216 g/mol. The lowest BCUT2D eigenvalue weighted by molar-refractivity contribution is 0.574. The minimum Gasteiger partial charge on any atom is -0.370 e. The molecule has 16 heavy (non-hydrogen) atoms. The van der Waals surface area contributed by atoms with Gasteiger partial charge in [-0.05, 0) is 37.9 Å². The van der Waals surface area contributed by atoms with Crippen molar-refractivity contribution in [3.8, 4) is 6.07 Å². The Morgan fingerprint density at radius 3 is 3.31 bits per heavy atom. The van der Waals surface area contributed by atoms with E-state index < -0.39 is 0 Å². The summed E-state index contributed by atoms with van der Waals surface area (Å²) in [6.07, 6.45) is 5.33. The highest BCUT2D eigenvalue weighted by molar-refractivity contribution is 5.42. The summed E-state index contributed by atoms with van der Waals surface area (Å²) in [7, 11) is 0. The molecular formula is C12H16N4. The minimum absolute atomic E-state index is 0.645. The summed E-state index contributed by atoms with van der Waals surface area (Å²) >= 11 is 0. The number of hydrogen-bond acceptors (Lipinski definition) is 4. The van der Waals surface area contributed by atoms with Gasteiger partial charge in [0, 0.05) is 18.8 Å². The Kier molecular flexibility index (Phi) is 3.73. The van der Waals surface area contributed by atoms with Crippen molar-refractivity contribution in [2.24, 2.45) is 0 Å². The first-order valence-corrected chi connectivity index (χ1v) is 5.72. The van der Waals surface area contributed by atoms with E-state index in [1.807, 2.05) is 0 Å². The smallest absolute Gasteiger partial charge is 0.127 e. The second-order valence-corrected chi connectivity index (χ2v) is 4.05. The van der Waals surface area contributed by atoms with E-state index in [1.165, 1.54) is 12.8 Å². The molecule has 1 aliphatic rings. The van der Waals surface area contributed by atoms with E-state index in [-0.39, 0.29) is 0 Å². The van der Waals surface area contributed by atoms with Crippen LogP contribution in [0.2, 0.25) is 0 Å². The van der Waals surface area contributed by atoms with Crippen molar-refractivity contribution in [3.63, 3.8) is 0 Å². The van der Waals surface area contributed by atoms with Crippen molar-refractivity contribution in [1.29, 1.82) is 5.26 Å². The number of pyridine rings is 1. The van der Waals surface area contributed by atoms with Crippen LogP contribution in [0.3, 0.4) is 0 Å². The first-order chi connectivity index (χ1) is 7.88. The number of hydrogen-bond donors (Lipinski definition) is 2. The van der Waals surface area contributed by atoms with Crippen molar-refractivity contribution in [1.82, 2.24) is 10.3 Å². The van der Waals surface area contributed by atoms with Crippen LogP contribution in [-0.4, -0.2) is 24.1 Å². The summed E-state index contributed by atoms with van der Waals surface area (Å²) in [6, 6.07) is 6.24. The van der Waals surface area contributed by atoms with E-state index in [0.29, 0.717) is 11.6 Å². The maximum absolute atomic E-state index is 8.74. The lowest BCUT2D eigenvalue weighted by Gasteiger charge is -2.10. The molecule has 1 atom stereocenters. The normalized spacial score (nSPS) is 19.3. The predicted molar refractivity (Wildman–Crippen MR) is 63.1 cm³/mol. The Labute approximate surface area is 95.7 Å². The molecule has 1 aliphatic heterocycles. The molecule has 0 amide bonds. The Balaban J connectivity index is 1.78. The largest absolute Gasteiger partial charge is 0.370 e. The average Bonchev–Trinajstić information content (AvgIpc) is 2.82. The standard InChI is InChI=1S/C12H16N4/c13-9-10-3-6-15-12(8-10)16-7-4-11-2-1-5-14-11/h3,6,8,11,14H,1-2,4-5,7H2,(H,15,16)/t11-/m1/s1. The van der Waals surface area contributed by atoms with Crippen LogP contribution in [0.4, 0.5) is 5.82 Å². The molecule has 0 radical (unpaired) electrons. The molecule has 4 nitrogen and oxygen atoms in total. The molecular weight excluding hydrogens is 200 g/mol. The van der Waals surface area contributed by atoms with Crippen LogP contribution in [0, 0.1) is 11.3 Å². The molecule has 0 saturated carbocycles. The van der Waals surface area contributed by atoms with E-state index in [4.69, 9.17) is 5.26 Å². The van der Waals surface area contributed by atoms with Crippen molar-refractivity contribution in [2.75, 3.05) is 18.4 Å². The number of aromatic nitrogens is 1. The molecule has 1 saturated heterocycles. The molecule has 2 rings (SSSR count). The van der Waals surface area contributed by atoms with Crippen molar-refractivity contribution < 1.29 is 0 Å². The Morgan fingerprint density at radius 1 is 1.62 bits per heavy atom. The molecule has 0 unspecified atom stereocenters. The molecule has 1 fully saturated rings. The van der Waals surface area contributed by atoms with Gasteiger partial charge in [0.25, 0.3) is 0 Å². The van der Waals surface area contributed by atoms with Crippen LogP contribution in [-0.2, 0) is 0 Å². The minimum atomic E-state index is 0.645. The van der Waals surface area contributed by atoms with E-state index in [1.54, 1.807) is 18.3 Å². The molecule has 1 aromatic heterocycles. The van der Waals surface area contributed by atoms with E-state index in [9.17, 15) is 0 Å². The molecule has 0 aliphatic carbocycles. The predicted octanol–water partition coefficient (Wildman–Crippen LogP) is 1.51. The molecule has 0 aromatic carbocycles. The summed E-state index contributed by atoms with van der Waals surface area (Å²) in [5, 5.41) is 15.4. The van der Waals surface area contributed by atoms with E-state index in [2.05, 4.69) is 21.7 Å². The van der Waals surface area contributed by atoms with Gasteiger partial charge in [-0.2, -0.15) is 5.26 Å². The zero-order valence-corrected chi connectivity index (χ0v) is 9.24. The molecule has 2 heterocycles. The Morgan fingerprint density at radius 2 is 2.56 bits per heavy atom. The maximum atomic E-state index is 8.74. The first kappa shape index (κ1) is 10.9. The van der Waals surface area contributed by atoms with Crippen LogP contribution < -0.4 is 10.6 Å². The zero-order valence-electron chi connectivity index (χ0n) is 9.24. The number of rotatable bonds is 4. The summed E-state index contributed by atoms with van der Waals surface area (Å²) in [4.78, 5) is 4.17. The van der Waals surface area contributed by atoms with E-state index >= 15 is 0 Å². The van der Waals surface area contributed by atoms with Crippen molar-refractivity contribution in [3.05, 3.63) is 23.9 Å². The molecule has 84 valence electrons. The number of anilines is 1. The van der Waals surface area contributed by atoms with Crippen LogP contribution >= 0.6 is 0 Å². The van der Waals surface area contributed by atoms with Gasteiger partial charge in [0.1, 0.15) is 5.82 Å². The summed E-state index contributed by atoms with van der Waals surface area (Å²) in [5.41, 5.74) is 0.650. The van der Waals surface area contributed by atoms with Crippen LogP contribution in [0.1, 0.15) is 24.8 Å². The molecule has 0 spiro atoms. The Bertz CT molecular complexity index is 377. The van der Waals surface area contributed by atoms with Crippen molar-refractivity contribution >= 4 is 5.82 Å². The Hall–Kier alpha value is -1.60. The summed E-state index contributed by atoms with van der Waals surface area (Å²) < 4.78 is 0. The highest BCUT2D eigenvalue weighted by Gasteiger charge is 2.12.